The van der Waals surface area contributed by atoms with Gasteiger partial charge in [0, 0.05) is 49.0 Å². The number of nitrogens with zero attached hydrogens (tertiary/aromatic N) is 6. The molecule has 3 aromatic heterocycles. The van der Waals surface area contributed by atoms with Crippen molar-refractivity contribution in [2.75, 3.05) is 25.9 Å². The number of anilines is 1. The van der Waals surface area contributed by atoms with Gasteiger partial charge < -0.3 is 24.7 Å². The van der Waals surface area contributed by atoms with E-state index in [2.05, 4.69) is 42.6 Å². The summed E-state index contributed by atoms with van der Waals surface area (Å²) in [6.45, 7) is 6.65. The molecule has 0 bridgehead atoms. The fourth-order valence-electron chi connectivity index (χ4n) is 6.50. The topological polar surface area (TPSA) is 104 Å². The highest BCUT2D eigenvalue weighted by molar-refractivity contribution is 5.90. The molecule has 2 N–H and O–H groups in total. The van der Waals surface area contributed by atoms with Gasteiger partial charge in [-0.2, -0.15) is 0 Å². The third kappa shape index (κ3) is 4.86. The van der Waals surface area contributed by atoms with Crippen LogP contribution in [-0.4, -0.2) is 49.5 Å². The van der Waals surface area contributed by atoms with Crippen molar-refractivity contribution in [3.63, 3.8) is 0 Å². The Balaban J connectivity index is 1.10. The number of aryl methyl sites for hydroxylation is 2. The first-order valence-corrected chi connectivity index (χ1v) is 13.9. The summed E-state index contributed by atoms with van der Waals surface area (Å²) >= 11 is 0. The number of aromatic nitrogens is 5. The molecule has 1 spiro atoms. The Hall–Kier alpha value is -4.50. The first kappa shape index (κ1) is 25.5. The Morgan fingerprint density at radius 2 is 1.66 bits per heavy atom. The molecule has 1 saturated carbocycles. The summed E-state index contributed by atoms with van der Waals surface area (Å²) in [5.41, 5.74) is 12.9. The smallest absolute Gasteiger partial charge is 0.151 e. The number of ether oxygens (including phenoxy) is 2. The zero-order valence-electron chi connectivity index (χ0n) is 23.5. The van der Waals surface area contributed by atoms with Crippen LogP contribution in [-0.2, 0) is 6.61 Å². The third-order valence-corrected chi connectivity index (χ3v) is 8.26. The molecule has 7 rings (SSSR count). The lowest BCUT2D eigenvalue weighted by molar-refractivity contribution is -0.0581. The molecule has 2 fully saturated rings. The number of benzene rings is 2. The molecule has 9 heteroatoms. The van der Waals surface area contributed by atoms with Crippen LogP contribution in [0.4, 0.5) is 5.82 Å². The zero-order chi connectivity index (χ0) is 28.1. The monoisotopic (exact) mass is 547 g/mol. The van der Waals surface area contributed by atoms with Gasteiger partial charge in [-0.05, 0) is 92.6 Å². The van der Waals surface area contributed by atoms with Gasteiger partial charge in [-0.25, -0.2) is 19.9 Å². The van der Waals surface area contributed by atoms with E-state index in [4.69, 9.17) is 15.2 Å². The lowest BCUT2D eigenvalue weighted by Gasteiger charge is -2.58. The van der Waals surface area contributed by atoms with Crippen LogP contribution < -0.4 is 15.2 Å². The summed E-state index contributed by atoms with van der Waals surface area (Å²) in [5.74, 6) is 3.89. The maximum atomic E-state index is 6.38. The normalized spacial score (nSPS) is 16.5. The van der Waals surface area contributed by atoms with E-state index in [1.165, 1.54) is 31.5 Å². The molecule has 41 heavy (non-hydrogen) atoms. The van der Waals surface area contributed by atoms with Gasteiger partial charge in [0.1, 0.15) is 41.5 Å². The van der Waals surface area contributed by atoms with Crippen LogP contribution in [0.2, 0.25) is 0 Å². The Morgan fingerprint density at radius 3 is 2.39 bits per heavy atom. The van der Waals surface area contributed by atoms with Gasteiger partial charge in [-0.15, -0.1) is 0 Å². The largest absolute Gasteiger partial charge is 0.489 e. The van der Waals surface area contributed by atoms with Gasteiger partial charge in [0.15, 0.2) is 5.82 Å². The molecular weight excluding hydrogens is 514 g/mol. The molecular formula is C32H33N7O2. The van der Waals surface area contributed by atoms with Crippen molar-refractivity contribution in [1.82, 2.24) is 29.4 Å². The van der Waals surface area contributed by atoms with Gasteiger partial charge in [-0.1, -0.05) is 0 Å². The summed E-state index contributed by atoms with van der Waals surface area (Å²) in [6, 6.07) is 13.9. The van der Waals surface area contributed by atoms with Crippen molar-refractivity contribution >= 4 is 16.9 Å². The molecule has 0 radical (unpaired) electrons. The minimum atomic E-state index is 0.385. The van der Waals surface area contributed by atoms with E-state index >= 15 is 0 Å². The maximum Gasteiger partial charge on any atom is 0.151 e. The molecule has 2 aromatic carbocycles. The second-order valence-electron chi connectivity index (χ2n) is 11.7. The number of rotatable bonds is 7. The zero-order valence-corrected chi connectivity index (χ0v) is 23.5. The van der Waals surface area contributed by atoms with Crippen molar-refractivity contribution in [2.45, 2.75) is 39.2 Å². The molecule has 5 aromatic rings. The van der Waals surface area contributed by atoms with E-state index in [1.54, 1.807) is 18.7 Å². The van der Waals surface area contributed by atoms with Crippen LogP contribution in [0.25, 0.3) is 16.7 Å². The first-order chi connectivity index (χ1) is 19.8. The minimum Gasteiger partial charge on any atom is -0.489 e. The molecule has 0 atom stereocenters. The van der Waals surface area contributed by atoms with Gasteiger partial charge in [0.05, 0.1) is 5.52 Å². The van der Waals surface area contributed by atoms with Crippen LogP contribution in [0, 0.1) is 19.3 Å². The Morgan fingerprint density at radius 1 is 0.927 bits per heavy atom. The van der Waals surface area contributed by atoms with Gasteiger partial charge >= 0.3 is 0 Å². The standard InChI is InChI=1S/C32H33N7O2/c1-20-8-26(40-16-22-13-34-21(2)35-14-22)10-27(9-20)41-25-6-4-24(5-7-25)39-15-28(29-30(39)31(33)37-19-36-29)23-11-32(12-23)17-38(3)18-32/h4-10,13-15,19,23H,11-12,16-18H2,1-3H3,(H2,33,36,37). The fourth-order valence-corrected chi connectivity index (χ4v) is 6.50. The summed E-state index contributed by atoms with van der Waals surface area (Å²) in [6.07, 6.45) is 9.74. The molecule has 4 heterocycles. The van der Waals surface area contributed by atoms with E-state index in [0.29, 0.717) is 29.5 Å². The lowest BCUT2D eigenvalue weighted by atomic mass is 9.56. The summed E-state index contributed by atoms with van der Waals surface area (Å²) in [4.78, 5) is 19.8. The van der Waals surface area contributed by atoms with E-state index in [1.807, 2.05) is 56.3 Å². The van der Waals surface area contributed by atoms with Gasteiger partial charge in [0.2, 0.25) is 0 Å². The lowest BCUT2D eigenvalue weighted by Crippen LogP contribution is -2.59. The Bertz CT molecular complexity index is 1720. The van der Waals surface area contributed by atoms with Gasteiger partial charge in [-0.3, -0.25) is 0 Å². The number of fused-ring (bicyclic) bond motifs is 1. The van der Waals surface area contributed by atoms with Crippen molar-refractivity contribution in [1.29, 1.82) is 0 Å². The SMILES string of the molecule is Cc1cc(OCc2cnc(C)nc2)cc(Oc2ccc(-n3cc(C4CC5(C4)CN(C)C5)c4ncnc(N)c43)cc2)c1. The van der Waals surface area contributed by atoms with E-state index in [9.17, 15) is 0 Å². The molecule has 208 valence electrons. The number of hydrogen-bond donors (Lipinski definition) is 1. The third-order valence-electron chi connectivity index (χ3n) is 8.26. The van der Waals surface area contributed by atoms with Crippen LogP contribution in [0.3, 0.4) is 0 Å². The minimum absolute atomic E-state index is 0.385. The molecule has 0 amide bonds. The molecule has 0 unspecified atom stereocenters. The fraction of sp³-hybridized carbons (Fsp3) is 0.312. The molecule has 1 aliphatic carbocycles. The summed E-state index contributed by atoms with van der Waals surface area (Å²) in [5, 5.41) is 0. The van der Waals surface area contributed by atoms with E-state index < -0.39 is 0 Å². The van der Waals surface area contributed by atoms with Crippen LogP contribution >= 0.6 is 0 Å². The number of hydrogen-bond acceptors (Lipinski definition) is 8. The van der Waals surface area contributed by atoms with Crippen LogP contribution in [0.5, 0.6) is 17.2 Å². The predicted molar refractivity (Wildman–Crippen MR) is 158 cm³/mol. The van der Waals surface area contributed by atoms with Crippen molar-refractivity contribution < 1.29 is 9.47 Å². The highest BCUT2D eigenvalue weighted by Crippen LogP contribution is 2.56. The molecule has 1 saturated heterocycles. The molecule has 9 nitrogen and oxygen atoms in total. The predicted octanol–water partition coefficient (Wildman–Crippen LogP) is 5.59. The first-order valence-electron chi connectivity index (χ1n) is 13.9. The van der Waals surface area contributed by atoms with E-state index in [-0.39, 0.29) is 0 Å². The highest BCUT2D eigenvalue weighted by Gasteiger charge is 2.52. The number of nitrogen functional groups attached to an aromatic ring is 1. The average Bonchev–Trinajstić information content (AvgIpc) is 3.30. The Kier molecular flexibility index (Phi) is 6.12. The van der Waals surface area contributed by atoms with Crippen LogP contribution in [0.1, 0.15) is 41.3 Å². The second kappa shape index (κ2) is 9.85. The van der Waals surface area contributed by atoms with Crippen molar-refractivity contribution in [2.24, 2.45) is 5.41 Å². The summed E-state index contributed by atoms with van der Waals surface area (Å²) < 4.78 is 14.3. The highest BCUT2D eigenvalue weighted by atomic mass is 16.5. The summed E-state index contributed by atoms with van der Waals surface area (Å²) in [7, 11) is 2.19. The maximum absolute atomic E-state index is 6.38. The second-order valence-corrected chi connectivity index (χ2v) is 11.7. The van der Waals surface area contributed by atoms with Crippen molar-refractivity contribution in [3.05, 3.63) is 89.9 Å². The van der Waals surface area contributed by atoms with Gasteiger partial charge in [0.25, 0.3) is 0 Å². The van der Waals surface area contributed by atoms with E-state index in [0.717, 1.165) is 45.2 Å². The quantitative estimate of drug-likeness (QED) is 0.281. The van der Waals surface area contributed by atoms with Crippen LogP contribution in [0.15, 0.2) is 67.4 Å². The number of nitrogens with two attached hydrogens (primary N) is 1. The molecule has 1 aliphatic heterocycles. The average molecular weight is 548 g/mol. The number of likely N-dealkylation sites (tertiary alicyclic amines) is 1. The molecule has 2 aliphatic rings. The van der Waals surface area contributed by atoms with Crippen molar-refractivity contribution in [3.8, 4) is 22.9 Å². The Labute approximate surface area is 239 Å².